The highest BCUT2D eigenvalue weighted by molar-refractivity contribution is 8.01. The molecular weight excluding hydrogens is 332 g/mol. The maximum absolute atomic E-state index is 12.5. The Labute approximate surface area is 152 Å². The van der Waals surface area contributed by atoms with Crippen molar-refractivity contribution in [2.75, 3.05) is 19.6 Å². The topological polar surface area (TPSA) is 59.0 Å². The van der Waals surface area contributed by atoms with Crippen LogP contribution in [0.2, 0.25) is 0 Å². The van der Waals surface area contributed by atoms with E-state index in [0.717, 1.165) is 38.8 Å². The maximum Gasteiger partial charge on any atom is 0.271 e. The van der Waals surface area contributed by atoms with E-state index in [1.54, 1.807) is 0 Å². The summed E-state index contributed by atoms with van der Waals surface area (Å²) < 4.78 is 2.10. The molecule has 1 atom stereocenters. The predicted molar refractivity (Wildman–Crippen MR) is 100.0 cm³/mol. The molecule has 1 saturated carbocycles. The molecule has 1 aliphatic heterocycles. The first-order chi connectivity index (χ1) is 12.2. The number of benzene rings is 1. The van der Waals surface area contributed by atoms with Gasteiger partial charge < -0.3 is 10.6 Å². The molecular formula is C19H24N4OS. The molecule has 2 N–H and O–H groups in total. The van der Waals surface area contributed by atoms with Crippen LogP contribution in [0.15, 0.2) is 47.5 Å². The van der Waals surface area contributed by atoms with Crippen molar-refractivity contribution in [3.8, 4) is 0 Å². The fourth-order valence-electron chi connectivity index (χ4n) is 3.25. The molecule has 1 unspecified atom stereocenters. The Hall–Kier alpha value is -1.79. The van der Waals surface area contributed by atoms with Gasteiger partial charge >= 0.3 is 0 Å². The third-order valence-corrected chi connectivity index (χ3v) is 6.44. The van der Waals surface area contributed by atoms with Gasteiger partial charge in [0.1, 0.15) is 5.69 Å². The van der Waals surface area contributed by atoms with Crippen molar-refractivity contribution in [1.29, 1.82) is 0 Å². The molecule has 0 spiro atoms. The van der Waals surface area contributed by atoms with E-state index in [1.807, 2.05) is 34.8 Å². The van der Waals surface area contributed by atoms with Gasteiger partial charge in [-0.25, -0.2) is 0 Å². The molecule has 1 saturated heterocycles. The number of aromatic nitrogens is 2. The van der Waals surface area contributed by atoms with Crippen LogP contribution in [0.5, 0.6) is 0 Å². The molecule has 132 valence electrons. The van der Waals surface area contributed by atoms with Gasteiger partial charge in [-0.3, -0.25) is 9.48 Å². The molecule has 2 fully saturated rings. The van der Waals surface area contributed by atoms with Crippen LogP contribution in [0, 0.1) is 0 Å². The minimum atomic E-state index is -0.0672. The Morgan fingerprint density at radius 2 is 2.16 bits per heavy atom. The number of hydrogen-bond donors (Lipinski definition) is 2. The summed E-state index contributed by atoms with van der Waals surface area (Å²) in [5, 5.41) is 11.0. The van der Waals surface area contributed by atoms with Gasteiger partial charge in [-0.1, -0.05) is 18.2 Å². The summed E-state index contributed by atoms with van der Waals surface area (Å²) in [6.07, 6.45) is 6.50. The minimum absolute atomic E-state index is 0.0672. The second kappa shape index (κ2) is 7.22. The van der Waals surface area contributed by atoms with Crippen LogP contribution in [-0.4, -0.2) is 40.1 Å². The zero-order valence-electron chi connectivity index (χ0n) is 14.3. The van der Waals surface area contributed by atoms with Crippen LogP contribution in [0.4, 0.5) is 0 Å². The van der Waals surface area contributed by atoms with E-state index >= 15 is 0 Å². The molecule has 2 heterocycles. The Kier molecular flexibility index (Phi) is 4.81. The van der Waals surface area contributed by atoms with Gasteiger partial charge in [0.2, 0.25) is 0 Å². The highest BCUT2D eigenvalue weighted by Crippen LogP contribution is 2.51. The van der Waals surface area contributed by atoms with E-state index in [0.29, 0.717) is 18.3 Å². The van der Waals surface area contributed by atoms with Crippen LogP contribution in [-0.2, 0) is 0 Å². The number of piperidine rings is 1. The average Bonchev–Trinajstić information content (AvgIpc) is 3.24. The predicted octanol–water partition coefficient (Wildman–Crippen LogP) is 2.86. The van der Waals surface area contributed by atoms with E-state index in [-0.39, 0.29) is 10.7 Å². The van der Waals surface area contributed by atoms with E-state index in [1.165, 1.54) is 4.90 Å². The first-order valence-corrected chi connectivity index (χ1v) is 9.84. The summed E-state index contributed by atoms with van der Waals surface area (Å²) in [4.78, 5) is 13.7. The van der Waals surface area contributed by atoms with Crippen LogP contribution >= 0.6 is 11.8 Å². The molecule has 5 nitrogen and oxygen atoms in total. The van der Waals surface area contributed by atoms with Crippen LogP contribution in [0.1, 0.15) is 42.2 Å². The van der Waals surface area contributed by atoms with Crippen molar-refractivity contribution in [2.24, 2.45) is 0 Å². The SMILES string of the molecule is O=C(NCC1(Sc2ccccc2)CC1)c1ccn(C2CCCNC2)n1. The second-order valence-electron chi connectivity index (χ2n) is 6.96. The number of carbonyl (C=O) groups is 1. The third-order valence-electron chi connectivity index (χ3n) is 4.94. The first kappa shape index (κ1) is 16.7. The van der Waals surface area contributed by atoms with Gasteiger partial charge in [0.15, 0.2) is 0 Å². The lowest BCUT2D eigenvalue weighted by Crippen LogP contribution is -2.33. The quantitative estimate of drug-likeness (QED) is 0.836. The number of thioether (sulfide) groups is 1. The smallest absolute Gasteiger partial charge is 0.271 e. The molecule has 1 amide bonds. The zero-order valence-corrected chi connectivity index (χ0v) is 15.1. The lowest BCUT2D eigenvalue weighted by Gasteiger charge is -2.22. The number of nitrogens with one attached hydrogen (secondary N) is 2. The lowest BCUT2D eigenvalue weighted by atomic mass is 10.1. The maximum atomic E-state index is 12.5. The molecule has 4 rings (SSSR count). The highest BCUT2D eigenvalue weighted by Gasteiger charge is 2.44. The number of nitrogens with zero attached hydrogens (tertiary/aromatic N) is 2. The number of carbonyl (C=O) groups excluding carboxylic acids is 1. The van der Waals surface area contributed by atoms with Crippen LogP contribution in [0.25, 0.3) is 0 Å². The van der Waals surface area contributed by atoms with Crippen molar-refractivity contribution >= 4 is 17.7 Å². The number of hydrogen-bond acceptors (Lipinski definition) is 4. The van der Waals surface area contributed by atoms with Crippen LogP contribution in [0.3, 0.4) is 0 Å². The fraction of sp³-hybridized carbons (Fsp3) is 0.474. The van der Waals surface area contributed by atoms with Gasteiger partial charge in [-0.05, 0) is 50.4 Å². The highest BCUT2D eigenvalue weighted by atomic mass is 32.2. The van der Waals surface area contributed by atoms with E-state index < -0.39 is 0 Å². The molecule has 0 bridgehead atoms. The summed E-state index contributed by atoms with van der Waals surface area (Å²) >= 11 is 1.87. The minimum Gasteiger partial charge on any atom is -0.349 e. The molecule has 25 heavy (non-hydrogen) atoms. The fourth-order valence-corrected chi connectivity index (χ4v) is 4.49. The summed E-state index contributed by atoms with van der Waals surface area (Å²) in [5.74, 6) is -0.0672. The second-order valence-corrected chi connectivity index (χ2v) is 8.50. The Morgan fingerprint density at radius 1 is 1.32 bits per heavy atom. The summed E-state index contributed by atoms with van der Waals surface area (Å²) in [7, 11) is 0. The summed E-state index contributed by atoms with van der Waals surface area (Å²) in [6.45, 7) is 2.70. The average molecular weight is 356 g/mol. The van der Waals surface area contributed by atoms with Crippen LogP contribution < -0.4 is 10.6 Å². The summed E-state index contributed by atoms with van der Waals surface area (Å²) in [5.41, 5.74) is 0.520. The largest absolute Gasteiger partial charge is 0.349 e. The van der Waals surface area contributed by atoms with Gasteiger partial charge in [0.25, 0.3) is 5.91 Å². The Balaban J connectivity index is 1.32. The molecule has 6 heteroatoms. The van der Waals surface area contributed by atoms with E-state index in [2.05, 4.69) is 40.0 Å². The lowest BCUT2D eigenvalue weighted by molar-refractivity contribution is 0.0946. The Morgan fingerprint density at radius 3 is 2.88 bits per heavy atom. The number of rotatable bonds is 6. The third kappa shape index (κ3) is 4.07. The molecule has 1 aromatic carbocycles. The first-order valence-electron chi connectivity index (χ1n) is 9.02. The zero-order chi connectivity index (χ0) is 17.1. The standard InChI is InChI=1S/C19H24N4OS/c24-18(17-8-12-23(22-17)15-5-4-11-20-13-15)21-14-19(9-10-19)25-16-6-2-1-3-7-16/h1-3,6-8,12,15,20H,4-5,9-11,13-14H2,(H,21,24). The van der Waals surface area contributed by atoms with Crippen molar-refractivity contribution in [1.82, 2.24) is 20.4 Å². The molecule has 2 aromatic rings. The molecule has 1 aliphatic carbocycles. The van der Waals surface area contributed by atoms with Gasteiger partial charge in [0, 0.05) is 28.9 Å². The van der Waals surface area contributed by atoms with Crippen molar-refractivity contribution in [3.63, 3.8) is 0 Å². The summed E-state index contributed by atoms with van der Waals surface area (Å²) in [6, 6.07) is 12.6. The van der Waals surface area contributed by atoms with Crippen molar-refractivity contribution in [3.05, 3.63) is 48.3 Å². The Bertz CT molecular complexity index is 720. The van der Waals surface area contributed by atoms with Gasteiger partial charge in [-0.15, -0.1) is 11.8 Å². The van der Waals surface area contributed by atoms with E-state index in [9.17, 15) is 4.79 Å². The molecule has 0 radical (unpaired) electrons. The normalized spacial score (nSPS) is 21.7. The van der Waals surface area contributed by atoms with Gasteiger partial charge in [-0.2, -0.15) is 5.10 Å². The van der Waals surface area contributed by atoms with E-state index in [4.69, 9.17) is 0 Å². The monoisotopic (exact) mass is 356 g/mol. The molecule has 1 aromatic heterocycles. The van der Waals surface area contributed by atoms with Gasteiger partial charge in [0.05, 0.1) is 6.04 Å². The van der Waals surface area contributed by atoms with Crippen molar-refractivity contribution < 1.29 is 4.79 Å². The molecule has 2 aliphatic rings. The number of amides is 1. The van der Waals surface area contributed by atoms with Crippen molar-refractivity contribution in [2.45, 2.75) is 41.4 Å².